The van der Waals surface area contributed by atoms with Gasteiger partial charge in [0.1, 0.15) is 11.8 Å². The number of anilines is 2. The highest BCUT2D eigenvalue weighted by atomic mass is 15.4. The third-order valence-corrected chi connectivity index (χ3v) is 4.11. The van der Waals surface area contributed by atoms with Crippen molar-refractivity contribution in [2.75, 3.05) is 17.8 Å². The van der Waals surface area contributed by atoms with Gasteiger partial charge in [0.05, 0.1) is 17.4 Å². The van der Waals surface area contributed by atoms with Crippen LogP contribution >= 0.6 is 0 Å². The highest BCUT2D eigenvalue weighted by Crippen LogP contribution is 2.23. The summed E-state index contributed by atoms with van der Waals surface area (Å²) in [6.07, 6.45) is 6.96. The Morgan fingerprint density at radius 1 is 1.11 bits per heavy atom. The second kappa shape index (κ2) is 7.69. The molecule has 0 fully saturated rings. The van der Waals surface area contributed by atoms with E-state index in [0.717, 1.165) is 16.6 Å². The molecule has 0 atom stereocenters. The van der Waals surface area contributed by atoms with E-state index in [9.17, 15) is 0 Å². The zero-order chi connectivity index (χ0) is 19.3. The summed E-state index contributed by atoms with van der Waals surface area (Å²) in [7, 11) is 1.76. The molecule has 9 nitrogen and oxygen atoms in total. The number of aromatic nitrogens is 5. The number of hydrazine groups is 1. The molecule has 0 aromatic carbocycles. The predicted molar refractivity (Wildman–Crippen MR) is 105 cm³/mol. The van der Waals surface area contributed by atoms with Gasteiger partial charge in [-0.2, -0.15) is 10.4 Å². The average Bonchev–Trinajstić information content (AvgIpc) is 3.21. The molecule has 0 aliphatic rings. The van der Waals surface area contributed by atoms with Crippen molar-refractivity contribution >= 4 is 17.2 Å². The number of nitrogens with zero attached hydrogens (tertiary/aromatic N) is 6. The lowest BCUT2D eigenvalue weighted by atomic mass is 10.2. The predicted octanol–water partition coefficient (Wildman–Crippen LogP) is 2.22. The van der Waals surface area contributed by atoms with Gasteiger partial charge in [-0.3, -0.25) is 0 Å². The van der Waals surface area contributed by atoms with Crippen molar-refractivity contribution in [3.8, 4) is 17.3 Å². The van der Waals surface area contributed by atoms with E-state index in [0.29, 0.717) is 29.6 Å². The van der Waals surface area contributed by atoms with Crippen molar-refractivity contribution in [1.29, 1.82) is 5.26 Å². The molecule has 4 rings (SSSR count). The molecule has 0 aliphatic carbocycles. The minimum atomic E-state index is 0.360. The summed E-state index contributed by atoms with van der Waals surface area (Å²) >= 11 is 0. The van der Waals surface area contributed by atoms with E-state index in [2.05, 4.69) is 42.3 Å². The molecule has 0 amide bonds. The summed E-state index contributed by atoms with van der Waals surface area (Å²) in [6, 6.07) is 11.5. The quantitative estimate of drug-likeness (QED) is 0.442. The van der Waals surface area contributed by atoms with Crippen LogP contribution in [0.4, 0.5) is 11.6 Å². The van der Waals surface area contributed by atoms with E-state index < -0.39 is 0 Å². The fourth-order valence-electron chi connectivity index (χ4n) is 2.74. The van der Waals surface area contributed by atoms with Gasteiger partial charge >= 0.3 is 0 Å². The van der Waals surface area contributed by atoms with E-state index in [-0.39, 0.29) is 0 Å². The first-order valence-corrected chi connectivity index (χ1v) is 8.59. The van der Waals surface area contributed by atoms with Gasteiger partial charge in [0, 0.05) is 37.7 Å². The Hall–Kier alpha value is -4.03. The number of nitriles is 1. The van der Waals surface area contributed by atoms with E-state index in [1.807, 2.05) is 28.9 Å². The number of hydrogen-bond acceptors (Lipinski definition) is 8. The van der Waals surface area contributed by atoms with Gasteiger partial charge in [-0.05, 0) is 35.9 Å². The highest BCUT2D eigenvalue weighted by Gasteiger charge is 2.10. The normalized spacial score (nSPS) is 10.6. The maximum atomic E-state index is 8.90. The molecule has 0 unspecified atom stereocenters. The Bertz CT molecular complexity index is 1140. The maximum absolute atomic E-state index is 8.90. The van der Waals surface area contributed by atoms with Crippen LogP contribution in [-0.4, -0.2) is 31.6 Å². The average molecular weight is 371 g/mol. The largest absolute Gasteiger partial charge is 0.363 e. The van der Waals surface area contributed by atoms with Gasteiger partial charge in [-0.25, -0.2) is 24.9 Å². The van der Waals surface area contributed by atoms with Crippen molar-refractivity contribution in [3.05, 3.63) is 66.4 Å². The molecular formula is C19H17N9. The summed E-state index contributed by atoms with van der Waals surface area (Å²) in [6.45, 7) is 0.573. The molecule has 138 valence electrons. The Balaban J connectivity index is 1.60. The zero-order valence-electron chi connectivity index (χ0n) is 15.1. The number of fused-ring (bicyclic) bond motifs is 1. The molecule has 0 saturated carbocycles. The number of pyridine rings is 2. The summed E-state index contributed by atoms with van der Waals surface area (Å²) in [5.74, 6) is 1.18. The van der Waals surface area contributed by atoms with Crippen LogP contribution < -0.4 is 16.2 Å². The summed E-state index contributed by atoms with van der Waals surface area (Å²) in [5.41, 5.74) is 9.76. The Labute approximate surface area is 161 Å². The Morgan fingerprint density at radius 2 is 2.04 bits per heavy atom. The molecular weight excluding hydrogens is 354 g/mol. The van der Waals surface area contributed by atoms with Gasteiger partial charge in [0.25, 0.3) is 0 Å². The third kappa shape index (κ3) is 3.58. The first-order chi connectivity index (χ1) is 13.8. The Kier molecular flexibility index (Phi) is 4.78. The lowest BCUT2D eigenvalue weighted by Crippen LogP contribution is -2.18. The lowest BCUT2D eigenvalue weighted by molar-refractivity contribution is 0.945. The van der Waals surface area contributed by atoms with E-state index in [4.69, 9.17) is 5.26 Å². The van der Waals surface area contributed by atoms with Crippen LogP contribution in [0.25, 0.3) is 16.8 Å². The number of rotatable bonds is 6. The van der Waals surface area contributed by atoms with Crippen molar-refractivity contribution in [1.82, 2.24) is 30.0 Å². The van der Waals surface area contributed by atoms with Crippen LogP contribution in [0.5, 0.6) is 0 Å². The molecule has 28 heavy (non-hydrogen) atoms. The summed E-state index contributed by atoms with van der Waals surface area (Å²) in [5, 5.41) is 16.4. The zero-order valence-corrected chi connectivity index (χ0v) is 15.1. The van der Waals surface area contributed by atoms with E-state index >= 15 is 0 Å². The minimum absolute atomic E-state index is 0.360. The molecule has 9 heteroatoms. The monoisotopic (exact) mass is 371 g/mol. The van der Waals surface area contributed by atoms with Crippen molar-refractivity contribution in [2.24, 2.45) is 0 Å². The molecule has 3 N–H and O–H groups in total. The van der Waals surface area contributed by atoms with Gasteiger partial charge in [0.15, 0.2) is 11.6 Å². The van der Waals surface area contributed by atoms with Crippen LogP contribution in [0.15, 0.2) is 55.1 Å². The van der Waals surface area contributed by atoms with Crippen molar-refractivity contribution in [3.63, 3.8) is 0 Å². The van der Waals surface area contributed by atoms with Crippen LogP contribution in [0.3, 0.4) is 0 Å². The van der Waals surface area contributed by atoms with Crippen LogP contribution in [0.2, 0.25) is 0 Å². The Morgan fingerprint density at radius 3 is 2.82 bits per heavy atom. The standard InChI is InChI=1S/C19H17N9/c1-21-27-19-18(23-10-13-5-7-28-16(8-13)4-6-25-28)26-17(12-24-19)14-2-3-15(9-20)22-11-14/h2-8,11-12,21H,10H2,1H3,(H,23,26)(H,24,27). The molecule has 0 aliphatic heterocycles. The minimum Gasteiger partial charge on any atom is -0.363 e. The fourth-order valence-corrected chi connectivity index (χ4v) is 2.74. The van der Waals surface area contributed by atoms with Gasteiger partial charge in [-0.1, -0.05) is 0 Å². The topological polar surface area (TPSA) is 116 Å². The molecule has 4 aromatic heterocycles. The molecule has 4 heterocycles. The highest BCUT2D eigenvalue weighted by molar-refractivity contribution is 5.66. The fraction of sp³-hybridized carbons (Fsp3) is 0.105. The van der Waals surface area contributed by atoms with Gasteiger partial charge in [-0.15, -0.1) is 0 Å². The lowest BCUT2D eigenvalue weighted by Gasteiger charge is -2.13. The second-order valence-corrected chi connectivity index (χ2v) is 5.96. The second-order valence-electron chi connectivity index (χ2n) is 5.96. The molecule has 4 aromatic rings. The molecule has 0 spiro atoms. The van der Waals surface area contributed by atoms with Crippen molar-refractivity contribution in [2.45, 2.75) is 6.54 Å². The summed E-state index contributed by atoms with van der Waals surface area (Å²) in [4.78, 5) is 13.2. The smallest absolute Gasteiger partial charge is 0.183 e. The van der Waals surface area contributed by atoms with Crippen LogP contribution in [0.1, 0.15) is 11.3 Å². The molecule has 0 radical (unpaired) electrons. The van der Waals surface area contributed by atoms with Gasteiger partial charge in [0.2, 0.25) is 0 Å². The number of hydrogen-bond donors (Lipinski definition) is 3. The van der Waals surface area contributed by atoms with E-state index in [1.54, 1.807) is 37.8 Å². The SMILES string of the molecule is CNNc1ncc(-c2ccc(C#N)nc2)nc1NCc1ccn2nccc2c1. The van der Waals surface area contributed by atoms with Crippen LogP contribution in [-0.2, 0) is 6.54 Å². The first kappa shape index (κ1) is 17.4. The van der Waals surface area contributed by atoms with Crippen LogP contribution in [0, 0.1) is 11.3 Å². The summed E-state index contributed by atoms with van der Waals surface area (Å²) < 4.78 is 1.82. The molecule has 0 bridgehead atoms. The number of nitrogens with one attached hydrogen (secondary N) is 3. The van der Waals surface area contributed by atoms with E-state index in [1.165, 1.54) is 0 Å². The molecule has 0 saturated heterocycles. The maximum Gasteiger partial charge on any atom is 0.183 e. The van der Waals surface area contributed by atoms with Crippen molar-refractivity contribution < 1.29 is 0 Å². The third-order valence-electron chi connectivity index (χ3n) is 4.11. The first-order valence-electron chi connectivity index (χ1n) is 8.59. The van der Waals surface area contributed by atoms with Gasteiger partial charge < -0.3 is 10.7 Å².